The number of nitrogens with one attached hydrogen (secondary N) is 1. The largest absolute Gasteiger partial charge is 0.374 e. The number of morpholine rings is 1. The molecule has 1 aromatic rings. The minimum Gasteiger partial charge on any atom is -0.374 e. The number of nitrogens with zero attached hydrogens (tertiary/aromatic N) is 1. The predicted molar refractivity (Wildman–Crippen MR) is 72.1 cm³/mol. The van der Waals surface area contributed by atoms with Gasteiger partial charge in [-0.05, 0) is 18.2 Å². The Kier molecular flexibility index (Phi) is 3.38. The Morgan fingerprint density at radius 1 is 1.32 bits per heavy atom. The van der Waals surface area contributed by atoms with Gasteiger partial charge in [-0.2, -0.15) is 0 Å². The lowest BCUT2D eigenvalue weighted by molar-refractivity contribution is 0.00861. The highest BCUT2D eigenvalue weighted by molar-refractivity contribution is 9.10. The maximum Gasteiger partial charge on any atom is 0.261 e. The van der Waals surface area contributed by atoms with Crippen molar-refractivity contribution in [2.45, 2.75) is 6.10 Å². The normalized spacial score (nSPS) is 22.8. The number of rotatable bonds is 2. The molecule has 19 heavy (non-hydrogen) atoms. The van der Waals surface area contributed by atoms with Gasteiger partial charge in [0.1, 0.15) is 0 Å². The molecule has 5 nitrogen and oxygen atoms in total. The molecule has 0 bridgehead atoms. The summed E-state index contributed by atoms with van der Waals surface area (Å²) in [6.45, 7) is 2.39. The minimum absolute atomic E-state index is 0.126. The van der Waals surface area contributed by atoms with Gasteiger partial charge >= 0.3 is 0 Å². The van der Waals surface area contributed by atoms with Crippen molar-refractivity contribution < 1.29 is 14.3 Å². The van der Waals surface area contributed by atoms with Crippen LogP contribution in [0.15, 0.2) is 22.7 Å². The average Bonchev–Trinajstić information content (AvgIpc) is 2.65. The van der Waals surface area contributed by atoms with Crippen LogP contribution in [0, 0.1) is 0 Å². The van der Waals surface area contributed by atoms with Crippen LogP contribution >= 0.6 is 15.9 Å². The van der Waals surface area contributed by atoms with Gasteiger partial charge in [-0.15, -0.1) is 0 Å². The summed E-state index contributed by atoms with van der Waals surface area (Å²) in [6, 6.07) is 5.14. The van der Waals surface area contributed by atoms with Crippen molar-refractivity contribution in [2.75, 3.05) is 26.2 Å². The summed E-state index contributed by atoms with van der Waals surface area (Å²) < 4.78 is 6.34. The van der Waals surface area contributed by atoms with Crippen LogP contribution in [0.3, 0.4) is 0 Å². The lowest BCUT2D eigenvalue weighted by atomic mass is 10.1. The Morgan fingerprint density at radius 2 is 2.11 bits per heavy atom. The molecule has 1 unspecified atom stereocenters. The Balaban J connectivity index is 1.81. The van der Waals surface area contributed by atoms with Crippen molar-refractivity contribution in [3.8, 4) is 0 Å². The monoisotopic (exact) mass is 324 g/mol. The molecule has 1 fully saturated rings. The summed E-state index contributed by atoms with van der Waals surface area (Å²) in [6.07, 6.45) is -0.126. The van der Waals surface area contributed by atoms with Crippen LogP contribution in [0.2, 0.25) is 0 Å². The summed E-state index contributed by atoms with van der Waals surface area (Å²) in [5.41, 5.74) is 0.931. The van der Waals surface area contributed by atoms with E-state index in [0.717, 1.165) is 11.0 Å². The first kappa shape index (κ1) is 12.8. The second-order valence-electron chi connectivity index (χ2n) is 4.61. The minimum atomic E-state index is -0.240. The number of hydrogen-bond acceptors (Lipinski definition) is 4. The number of carbonyl (C=O) groups excluding carboxylic acids is 2. The van der Waals surface area contributed by atoms with Gasteiger partial charge in [0.2, 0.25) is 0 Å². The Hall–Kier alpha value is -1.24. The average molecular weight is 325 g/mol. The fourth-order valence-corrected chi connectivity index (χ4v) is 2.73. The molecule has 1 saturated heterocycles. The van der Waals surface area contributed by atoms with Crippen LogP contribution in [0.1, 0.15) is 20.7 Å². The van der Waals surface area contributed by atoms with E-state index in [-0.39, 0.29) is 17.9 Å². The highest BCUT2D eigenvalue weighted by Gasteiger charge is 2.37. The lowest BCUT2D eigenvalue weighted by Gasteiger charge is -2.26. The SMILES string of the molecule is O=C1c2ccc(Br)cc2C(=O)N1CC1CNCCO1. The maximum absolute atomic E-state index is 12.2. The van der Waals surface area contributed by atoms with E-state index in [1.165, 1.54) is 4.90 Å². The molecule has 0 radical (unpaired) electrons. The van der Waals surface area contributed by atoms with Crippen LogP contribution in [-0.4, -0.2) is 49.1 Å². The zero-order valence-corrected chi connectivity index (χ0v) is 11.8. The topological polar surface area (TPSA) is 58.6 Å². The molecule has 1 N–H and O–H groups in total. The second kappa shape index (κ2) is 5.03. The fourth-order valence-electron chi connectivity index (χ4n) is 2.37. The van der Waals surface area contributed by atoms with Crippen molar-refractivity contribution >= 4 is 27.7 Å². The van der Waals surface area contributed by atoms with E-state index in [0.29, 0.717) is 30.8 Å². The van der Waals surface area contributed by atoms with E-state index in [1.54, 1.807) is 18.2 Å². The second-order valence-corrected chi connectivity index (χ2v) is 5.52. The van der Waals surface area contributed by atoms with E-state index in [1.807, 2.05) is 0 Å². The molecule has 2 aliphatic heterocycles. The van der Waals surface area contributed by atoms with Gasteiger partial charge in [-0.3, -0.25) is 14.5 Å². The fraction of sp³-hybridized carbons (Fsp3) is 0.385. The molecule has 2 heterocycles. The third-order valence-corrected chi connectivity index (χ3v) is 3.82. The van der Waals surface area contributed by atoms with E-state index >= 15 is 0 Å². The van der Waals surface area contributed by atoms with Crippen molar-refractivity contribution in [3.63, 3.8) is 0 Å². The lowest BCUT2D eigenvalue weighted by Crippen LogP contribution is -2.46. The standard InChI is InChI=1S/C13H13BrN2O3/c14-8-1-2-10-11(5-8)13(18)16(12(10)17)7-9-6-15-3-4-19-9/h1-2,5,9,15H,3-4,6-7H2. The molecule has 1 atom stereocenters. The van der Waals surface area contributed by atoms with Gasteiger partial charge < -0.3 is 10.1 Å². The number of ether oxygens (including phenoxy) is 1. The zero-order chi connectivity index (χ0) is 13.4. The van der Waals surface area contributed by atoms with Gasteiger partial charge in [0.25, 0.3) is 11.8 Å². The van der Waals surface area contributed by atoms with Crippen LogP contribution in [-0.2, 0) is 4.74 Å². The number of halogens is 1. The summed E-state index contributed by atoms with van der Waals surface area (Å²) >= 11 is 3.31. The molecule has 0 saturated carbocycles. The Bertz CT molecular complexity index is 541. The summed E-state index contributed by atoms with van der Waals surface area (Å²) in [5.74, 6) is -0.475. The molecule has 2 amide bonds. The van der Waals surface area contributed by atoms with Crippen LogP contribution in [0.4, 0.5) is 0 Å². The van der Waals surface area contributed by atoms with E-state index in [9.17, 15) is 9.59 Å². The molecule has 2 aliphatic rings. The molecule has 3 rings (SSSR count). The summed E-state index contributed by atoms with van der Waals surface area (Å²) in [7, 11) is 0. The first-order valence-corrected chi connectivity index (χ1v) is 6.94. The van der Waals surface area contributed by atoms with Gasteiger partial charge in [0.15, 0.2) is 0 Å². The number of benzene rings is 1. The van der Waals surface area contributed by atoms with Crippen LogP contribution in [0.5, 0.6) is 0 Å². The number of carbonyl (C=O) groups is 2. The smallest absolute Gasteiger partial charge is 0.261 e. The molecule has 0 spiro atoms. The van der Waals surface area contributed by atoms with Gasteiger partial charge in [-0.1, -0.05) is 15.9 Å². The molecule has 100 valence electrons. The van der Waals surface area contributed by atoms with Crippen molar-refractivity contribution in [3.05, 3.63) is 33.8 Å². The number of fused-ring (bicyclic) bond motifs is 1. The van der Waals surface area contributed by atoms with Crippen LogP contribution < -0.4 is 5.32 Å². The first-order valence-electron chi connectivity index (χ1n) is 6.15. The third kappa shape index (κ3) is 2.31. The third-order valence-electron chi connectivity index (χ3n) is 3.32. The molecule has 0 aliphatic carbocycles. The summed E-state index contributed by atoms with van der Waals surface area (Å²) in [4.78, 5) is 25.7. The Morgan fingerprint density at radius 3 is 2.84 bits per heavy atom. The van der Waals surface area contributed by atoms with E-state index < -0.39 is 0 Å². The van der Waals surface area contributed by atoms with Crippen molar-refractivity contribution in [1.82, 2.24) is 10.2 Å². The van der Waals surface area contributed by atoms with Crippen LogP contribution in [0.25, 0.3) is 0 Å². The van der Waals surface area contributed by atoms with Gasteiger partial charge in [0.05, 0.1) is 30.4 Å². The molecular weight excluding hydrogens is 312 g/mol. The van der Waals surface area contributed by atoms with Gasteiger partial charge in [-0.25, -0.2) is 0 Å². The van der Waals surface area contributed by atoms with E-state index in [2.05, 4.69) is 21.2 Å². The quantitative estimate of drug-likeness (QED) is 0.826. The van der Waals surface area contributed by atoms with Crippen molar-refractivity contribution in [2.24, 2.45) is 0 Å². The summed E-state index contributed by atoms with van der Waals surface area (Å²) in [5, 5.41) is 3.19. The molecular formula is C13H13BrN2O3. The number of hydrogen-bond donors (Lipinski definition) is 1. The number of imide groups is 1. The first-order chi connectivity index (χ1) is 9.16. The molecule has 1 aromatic carbocycles. The molecule has 6 heteroatoms. The van der Waals surface area contributed by atoms with Gasteiger partial charge in [0, 0.05) is 17.6 Å². The van der Waals surface area contributed by atoms with Crippen molar-refractivity contribution in [1.29, 1.82) is 0 Å². The van der Waals surface area contributed by atoms with E-state index in [4.69, 9.17) is 4.74 Å². The molecule has 0 aromatic heterocycles. The highest BCUT2D eigenvalue weighted by atomic mass is 79.9. The number of amides is 2. The zero-order valence-electron chi connectivity index (χ0n) is 10.2. The Labute approximate surface area is 119 Å². The predicted octanol–water partition coefficient (Wildman–Crippen LogP) is 1.03. The maximum atomic E-state index is 12.2. The highest BCUT2D eigenvalue weighted by Crippen LogP contribution is 2.26.